The Hall–Kier alpha value is -1.28. The average Bonchev–Trinajstić information content (AvgIpc) is 3.06. The number of hydrogen-bond donors (Lipinski definition) is 1. The number of hydrogen-bond acceptors (Lipinski definition) is 2. The molecule has 1 aromatic heterocycles. The van der Waals surface area contributed by atoms with Crippen molar-refractivity contribution in [1.29, 1.82) is 0 Å². The minimum Gasteiger partial charge on any atom is -0.252 e. The van der Waals surface area contributed by atoms with Gasteiger partial charge in [-0.05, 0) is 18.1 Å². The standard InChI is InChI=1S/C14H13NS/c1-9(16)12-7-11-8-13(11)15-14(12)10-5-3-2-4-6-10/h2-7,9,16H,8H2,1H3. The van der Waals surface area contributed by atoms with Crippen LogP contribution in [0.15, 0.2) is 36.4 Å². The maximum absolute atomic E-state index is 4.71. The van der Waals surface area contributed by atoms with E-state index in [0.29, 0.717) is 0 Å². The van der Waals surface area contributed by atoms with Crippen LogP contribution in [0.5, 0.6) is 0 Å². The molecule has 1 aromatic carbocycles. The van der Waals surface area contributed by atoms with E-state index in [-0.39, 0.29) is 5.25 Å². The van der Waals surface area contributed by atoms with Crippen LogP contribution in [0, 0.1) is 0 Å². The number of fused-ring (bicyclic) bond motifs is 1. The fourth-order valence-electron chi connectivity index (χ4n) is 1.98. The maximum atomic E-state index is 4.71. The molecule has 80 valence electrons. The smallest absolute Gasteiger partial charge is 0.0748 e. The monoisotopic (exact) mass is 227 g/mol. The van der Waals surface area contributed by atoms with Crippen molar-refractivity contribution in [2.24, 2.45) is 0 Å². The van der Waals surface area contributed by atoms with Gasteiger partial charge in [0.25, 0.3) is 0 Å². The molecule has 2 heteroatoms. The van der Waals surface area contributed by atoms with Gasteiger partial charge < -0.3 is 0 Å². The Morgan fingerprint density at radius 1 is 1.25 bits per heavy atom. The first-order valence-corrected chi connectivity index (χ1v) is 6.03. The van der Waals surface area contributed by atoms with E-state index >= 15 is 0 Å². The highest BCUT2D eigenvalue weighted by Crippen LogP contribution is 2.36. The summed E-state index contributed by atoms with van der Waals surface area (Å²) in [6, 6.07) is 12.6. The van der Waals surface area contributed by atoms with Crippen LogP contribution in [0.25, 0.3) is 11.3 Å². The van der Waals surface area contributed by atoms with Gasteiger partial charge >= 0.3 is 0 Å². The Bertz CT molecular complexity index is 532. The first-order valence-electron chi connectivity index (χ1n) is 5.52. The predicted molar refractivity (Wildman–Crippen MR) is 69.9 cm³/mol. The largest absolute Gasteiger partial charge is 0.252 e. The number of pyridine rings is 1. The highest BCUT2D eigenvalue weighted by molar-refractivity contribution is 7.80. The predicted octanol–water partition coefficient (Wildman–Crippen LogP) is 3.64. The molecule has 0 bridgehead atoms. The van der Waals surface area contributed by atoms with Crippen molar-refractivity contribution < 1.29 is 0 Å². The van der Waals surface area contributed by atoms with E-state index in [9.17, 15) is 0 Å². The third kappa shape index (κ3) is 1.63. The summed E-state index contributed by atoms with van der Waals surface area (Å²) < 4.78 is 0. The third-order valence-corrected chi connectivity index (χ3v) is 3.23. The molecule has 1 nitrogen and oxygen atoms in total. The zero-order chi connectivity index (χ0) is 11.1. The second kappa shape index (κ2) is 3.63. The van der Waals surface area contributed by atoms with Gasteiger partial charge in [-0.2, -0.15) is 12.6 Å². The van der Waals surface area contributed by atoms with Gasteiger partial charge in [-0.1, -0.05) is 36.4 Å². The molecule has 0 radical (unpaired) electrons. The molecule has 0 fully saturated rings. The number of nitrogens with zero attached hydrogens (tertiary/aromatic N) is 1. The topological polar surface area (TPSA) is 12.9 Å². The van der Waals surface area contributed by atoms with Crippen molar-refractivity contribution in [3.05, 3.63) is 53.2 Å². The van der Waals surface area contributed by atoms with Crippen LogP contribution in [0.2, 0.25) is 0 Å². The fourth-order valence-corrected chi connectivity index (χ4v) is 2.18. The van der Waals surface area contributed by atoms with Gasteiger partial charge in [0.05, 0.1) is 5.69 Å². The van der Waals surface area contributed by atoms with Gasteiger partial charge in [-0.15, -0.1) is 0 Å². The molecule has 0 spiro atoms. The zero-order valence-corrected chi connectivity index (χ0v) is 10.0. The second-order valence-corrected chi connectivity index (χ2v) is 5.03. The Kier molecular flexibility index (Phi) is 2.25. The Morgan fingerprint density at radius 2 is 2.00 bits per heavy atom. The molecule has 1 aliphatic carbocycles. The van der Waals surface area contributed by atoms with Crippen LogP contribution in [0.4, 0.5) is 0 Å². The van der Waals surface area contributed by atoms with Gasteiger partial charge in [0.1, 0.15) is 0 Å². The quantitative estimate of drug-likeness (QED) is 0.659. The van der Waals surface area contributed by atoms with Crippen LogP contribution in [-0.4, -0.2) is 4.98 Å². The van der Waals surface area contributed by atoms with Crippen LogP contribution >= 0.6 is 12.6 Å². The summed E-state index contributed by atoms with van der Waals surface area (Å²) in [5, 5.41) is 0.230. The van der Waals surface area contributed by atoms with Gasteiger partial charge in [0.2, 0.25) is 0 Å². The molecule has 2 aromatic rings. The number of benzene rings is 1. The van der Waals surface area contributed by atoms with Crippen molar-refractivity contribution in [2.45, 2.75) is 18.6 Å². The lowest BCUT2D eigenvalue weighted by molar-refractivity contribution is 1.09. The summed E-state index contributed by atoms with van der Waals surface area (Å²) in [6.45, 7) is 2.10. The van der Waals surface area contributed by atoms with Gasteiger partial charge in [0, 0.05) is 22.9 Å². The Morgan fingerprint density at radius 3 is 2.69 bits per heavy atom. The Labute approximate surface area is 101 Å². The molecule has 1 heterocycles. The van der Waals surface area contributed by atoms with Gasteiger partial charge in [0.15, 0.2) is 0 Å². The lowest BCUT2D eigenvalue weighted by atomic mass is 10.0. The highest BCUT2D eigenvalue weighted by Gasteiger charge is 2.23. The minimum absolute atomic E-state index is 0.230. The number of rotatable bonds is 2. The summed E-state index contributed by atoms with van der Waals surface area (Å²) >= 11 is 4.54. The van der Waals surface area contributed by atoms with Crippen molar-refractivity contribution >= 4 is 12.6 Å². The maximum Gasteiger partial charge on any atom is 0.0748 e. The molecular weight excluding hydrogens is 214 g/mol. The van der Waals surface area contributed by atoms with Gasteiger partial charge in [-0.3, -0.25) is 4.98 Å². The minimum atomic E-state index is 0.230. The summed E-state index contributed by atoms with van der Waals surface area (Å²) in [5.41, 5.74) is 6.16. The lowest BCUT2D eigenvalue weighted by Gasteiger charge is -2.10. The molecular formula is C14H13NS. The van der Waals surface area contributed by atoms with Crippen LogP contribution < -0.4 is 0 Å². The van der Waals surface area contributed by atoms with Crippen LogP contribution in [-0.2, 0) is 6.42 Å². The molecule has 1 aliphatic rings. The average molecular weight is 227 g/mol. The van der Waals surface area contributed by atoms with Crippen molar-refractivity contribution in [3.63, 3.8) is 0 Å². The summed E-state index contributed by atoms with van der Waals surface area (Å²) in [6.07, 6.45) is 1.06. The lowest BCUT2D eigenvalue weighted by Crippen LogP contribution is -1.93. The van der Waals surface area contributed by atoms with E-state index in [1.165, 1.54) is 22.4 Å². The van der Waals surface area contributed by atoms with Crippen molar-refractivity contribution in [2.75, 3.05) is 0 Å². The highest BCUT2D eigenvalue weighted by atomic mass is 32.1. The van der Waals surface area contributed by atoms with E-state index in [0.717, 1.165) is 12.1 Å². The molecule has 0 amide bonds. The molecule has 16 heavy (non-hydrogen) atoms. The second-order valence-electron chi connectivity index (χ2n) is 4.25. The third-order valence-electron chi connectivity index (χ3n) is 2.95. The fraction of sp³-hybridized carbons (Fsp3) is 0.214. The summed E-state index contributed by atoms with van der Waals surface area (Å²) in [4.78, 5) is 4.71. The molecule has 0 saturated carbocycles. The molecule has 0 N–H and O–H groups in total. The number of thiol groups is 1. The summed E-state index contributed by atoms with van der Waals surface area (Å²) in [7, 11) is 0. The summed E-state index contributed by atoms with van der Waals surface area (Å²) in [5.74, 6) is 0. The van der Waals surface area contributed by atoms with E-state index in [2.05, 4.69) is 49.9 Å². The van der Waals surface area contributed by atoms with E-state index in [4.69, 9.17) is 4.98 Å². The normalized spacial score (nSPS) is 14.4. The first kappa shape index (κ1) is 9.91. The SMILES string of the molecule is CC(S)c1cc2c(nc1-c1ccccc1)C2. The van der Waals surface area contributed by atoms with E-state index in [1.807, 2.05) is 6.07 Å². The first-order chi connectivity index (χ1) is 7.75. The van der Waals surface area contributed by atoms with E-state index < -0.39 is 0 Å². The molecule has 1 unspecified atom stereocenters. The molecule has 0 saturated heterocycles. The molecule has 3 rings (SSSR count). The molecule has 0 aliphatic heterocycles. The Balaban J connectivity index is 2.17. The van der Waals surface area contributed by atoms with Crippen LogP contribution in [0.1, 0.15) is 29.0 Å². The van der Waals surface area contributed by atoms with Crippen molar-refractivity contribution in [3.8, 4) is 11.3 Å². The van der Waals surface area contributed by atoms with E-state index in [1.54, 1.807) is 0 Å². The van der Waals surface area contributed by atoms with Crippen molar-refractivity contribution in [1.82, 2.24) is 4.98 Å². The zero-order valence-electron chi connectivity index (χ0n) is 9.14. The molecule has 1 atom stereocenters. The van der Waals surface area contributed by atoms with Gasteiger partial charge in [-0.25, -0.2) is 0 Å². The van der Waals surface area contributed by atoms with Crippen LogP contribution in [0.3, 0.4) is 0 Å². The number of aromatic nitrogens is 1.